The Balaban J connectivity index is -0.00000000167. The van der Waals surface area contributed by atoms with Gasteiger partial charge in [0.05, 0.1) is 0 Å². The van der Waals surface area contributed by atoms with Gasteiger partial charge in [0.2, 0.25) is 0 Å². The van der Waals surface area contributed by atoms with E-state index in [1.165, 1.54) is 7.05 Å². The zero-order valence-corrected chi connectivity index (χ0v) is 7.94. The van der Waals surface area contributed by atoms with Crippen LogP contribution in [0.25, 0.3) is 0 Å². The van der Waals surface area contributed by atoms with E-state index in [0.29, 0.717) is 0 Å². The second-order valence-electron chi connectivity index (χ2n) is 0. The number of nitrogens with two attached hydrogens (primary N) is 1. The molecule has 0 unspecified atom stereocenters. The highest BCUT2D eigenvalue weighted by Gasteiger charge is 0.836. The molecule has 38 valence electrons. The molecule has 0 aromatic rings. The average Bonchev–Trinajstić information content (AvgIpc) is 1.00. The van der Waals surface area contributed by atoms with Gasteiger partial charge in [-0.15, -0.1) is 50.9 Å². The summed E-state index contributed by atoms with van der Waals surface area (Å²) in [4.78, 5) is 0. The van der Waals surface area contributed by atoms with Gasteiger partial charge in [-0.3, -0.25) is 0 Å². The van der Waals surface area contributed by atoms with Crippen LogP contribution >= 0.6 is 50.9 Å². The van der Waals surface area contributed by atoms with Crippen molar-refractivity contribution in [2.24, 2.45) is 5.73 Å². The monoisotopic (exact) mass is 271 g/mol. The lowest BCUT2D eigenvalue weighted by Gasteiger charge is -1.19. The van der Waals surface area contributed by atoms with Crippen molar-refractivity contribution >= 4 is 50.9 Å². The van der Waals surface area contributed by atoms with Crippen molar-refractivity contribution in [2.45, 2.75) is 0 Å². The lowest BCUT2D eigenvalue weighted by atomic mass is 11.6. The normalized spacial score (nSPS) is 1.20. The number of halogens is 3. The Morgan fingerprint density at radius 2 is 0.800 bits per heavy atom. The van der Waals surface area contributed by atoms with Crippen molar-refractivity contribution in [3.63, 3.8) is 0 Å². The zero-order valence-electron chi connectivity index (χ0n) is 2.80. The van der Waals surface area contributed by atoms with Crippen molar-refractivity contribution < 1.29 is 0 Å². The molecule has 0 amide bonds. The van der Waals surface area contributed by atoms with Crippen LogP contribution in [0.4, 0.5) is 0 Å². The molecule has 0 aromatic heterocycles. The fraction of sp³-hybridized carbons (Fsp3) is 1.00. The standard InChI is InChI=1S/CH5N.3BrH/c1-2;;;/h2H2,1H3;3*1H. The highest BCUT2D eigenvalue weighted by molar-refractivity contribution is 8.93. The predicted molar refractivity (Wildman–Crippen MR) is 41.1 cm³/mol. The molecule has 0 radical (unpaired) electrons. The largest absolute Gasteiger partial charge is 0.333 e. The number of rotatable bonds is 0. The molecule has 0 spiro atoms. The summed E-state index contributed by atoms with van der Waals surface area (Å²) < 4.78 is 0. The van der Waals surface area contributed by atoms with Gasteiger partial charge in [0.25, 0.3) is 0 Å². The van der Waals surface area contributed by atoms with Crippen LogP contribution in [0.15, 0.2) is 0 Å². The molecule has 5 heavy (non-hydrogen) atoms. The Labute approximate surface area is 63.6 Å². The molecule has 0 fully saturated rings. The molecule has 0 atom stereocenters. The van der Waals surface area contributed by atoms with Gasteiger partial charge in [0.1, 0.15) is 0 Å². The molecule has 0 aliphatic carbocycles. The average molecular weight is 274 g/mol. The summed E-state index contributed by atoms with van der Waals surface area (Å²) in [7, 11) is 1.50. The summed E-state index contributed by atoms with van der Waals surface area (Å²) >= 11 is 0. The first-order chi connectivity index (χ1) is 1.00. The van der Waals surface area contributed by atoms with Crippen LogP contribution in [0, 0.1) is 0 Å². The van der Waals surface area contributed by atoms with Crippen LogP contribution in [0.1, 0.15) is 0 Å². The second-order valence-corrected chi connectivity index (χ2v) is 0. The van der Waals surface area contributed by atoms with E-state index in [-0.39, 0.29) is 50.9 Å². The third kappa shape index (κ3) is 31.8. The van der Waals surface area contributed by atoms with Crippen molar-refractivity contribution in [3.05, 3.63) is 0 Å². The minimum atomic E-state index is 0. The molecule has 0 saturated carbocycles. The van der Waals surface area contributed by atoms with Gasteiger partial charge >= 0.3 is 0 Å². The van der Waals surface area contributed by atoms with Gasteiger partial charge in [-0.1, -0.05) is 0 Å². The van der Waals surface area contributed by atoms with E-state index in [9.17, 15) is 0 Å². The summed E-state index contributed by atoms with van der Waals surface area (Å²) in [6, 6.07) is 0. The third-order valence-electron chi connectivity index (χ3n) is 0. The lowest BCUT2D eigenvalue weighted by molar-refractivity contribution is 1.48. The molecule has 0 rings (SSSR count). The SMILES string of the molecule is Br.Br.Br.CN. The van der Waals surface area contributed by atoms with Gasteiger partial charge in [0, 0.05) is 0 Å². The molecular formula is CH8Br3N. The zero-order chi connectivity index (χ0) is 2.00. The van der Waals surface area contributed by atoms with Crippen LogP contribution in [0.3, 0.4) is 0 Å². The molecule has 1 nitrogen and oxygen atoms in total. The highest BCUT2D eigenvalue weighted by Crippen LogP contribution is 0.848. The maximum atomic E-state index is 4.50. The fourth-order valence-corrected chi connectivity index (χ4v) is 0. The van der Waals surface area contributed by atoms with Crippen LogP contribution in [0.2, 0.25) is 0 Å². The Morgan fingerprint density at radius 1 is 0.800 bits per heavy atom. The van der Waals surface area contributed by atoms with Gasteiger partial charge in [-0.2, -0.15) is 0 Å². The van der Waals surface area contributed by atoms with E-state index in [1.807, 2.05) is 0 Å². The summed E-state index contributed by atoms with van der Waals surface area (Å²) in [6.45, 7) is 0. The molecule has 0 aromatic carbocycles. The van der Waals surface area contributed by atoms with Gasteiger partial charge < -0.3 is 5.73 Å². The van der Waals surface area contributed by atoms with Crippen LogP contribution in [-0.4, -0.2) is 7.05 Å². The van der Waals surface area contributed by atoms with Crippen molar-refractivity contribution in [2.75, 3.05) is 7.05 Å². The van der Waals surface area contributed by atoms with Crippen LogP contribution < -0.4 is 5.73 Å². The molecule has 0 heterocycles. The first-order valence-electron chi connectivity index (χ1n) is 0.577. The van der Waals surface area contributed by atoms with E-state index in [2.05, 4.69) is 5.73 Å². The topological polar surface area (TPSA) is 26.0 Å². The van der Waals surface area contributed by atoms with Gasteiger partial charge in [-0.05, 0) is 7.05 Å². The van der Waals surface area contributed by atoms with E-state index < -0.39 is 0 Å². The quantitative estimate of drug-likeness (QED) is 0.708. The smallest absolute Gasteiger partial charge is 0.0195 e. The third-order valence-corrected chi connectivity index (χ3v) is 0. The van der Waals surface area contributed by atoms with E-state index >= 15 is 0 Å². The Bertz CT molecular complexity index is 6.85. The highest BCUT2D eigenvalue weighted by atomic mass is 79.9. The first kappa shape index (κ1) is 32.4. The van der Waals surface area contributed by atoms with E-state index in [4.69, 9.17) is 0 Å². The minimum absolute atomic E-state index is 0. The van der Waals surface area contributed by atoms with E-state index in [1.54, 1.807) is 0 Å². The number of hydrogen-bond acceptors (Lipinski definition) is 1. The molecule has 0 bridgehead atoms. The Morgan fingerprint density at radius 3 is 0.800 bits per heavy atom. The molecular weight excluding hydrogens is 266 g/mol. The predicted octanol–water partition coefficient (Wildman–Crippen LogP) is 1.31. The fourth-order valence-electron chi connectivity index (χ4n) is 0. The molecule has 0 aliphatic heterocycles. The van der Waals surface area contributed by atoms with E-state index in [0.717, 1.165) is 0 Å². The molecule has 0 saturated heterocycles. The molecule has 0 aliphatic rings. The van der Waals surface area contributed by atoms with Crippen molar-refractivity contribution in [1.29, 1.82) is 0 Å². The Kier molecular flexibility index (Phi) is 346. The summed E-state index contributed by atoms with van der Waals surface area (Å²) in [5.41, 5.74) is 4.50. The maximum absolute atomic E-state index is 4.50. The lowest BCUT2D eigenvalue weighted by Crippen LogP contribution is -1.69. The summed E-state index contributed by atoms with van der Waals surface area (Å²) in [6.07, 6.45) is 0. The van der Waals surface area contributed by atoms with Gasteiger partial charge in [-0.25, -0.2) is 0 Å². The van der Waals surface area contributed by atoms with Gasteiger partial charge in [0.15, 0.2) is 0 Å². The second kappa shape index (κ2) is 53.3. The minimum Gasteiger partial charge on any atom is -0.333 e. The summed E-state index contributed by atoms with van der Waals surface area (Å²) in [5, 5.41) is 0. The molecule has 4 heteroatoms. The molecule has 2 N–H and O–H groups in total. The Hall–Kier alpha value is 1.40. The van der Waals surface area contributed by atoms with Crippen molar-refractivity contribution in [1.82, 2.24) is 0 Å². The van der Waals surface area contributed by atoms with Crippen molar-refractivity contribution in [3.8, 4) is 0 Å². The number of hydrogen-bond donors (Lipinski definition) is 1. The first-order valence-corrected chi connectivity index (χ1v) is 0.577. The summed E-state index contributed by atoms with van der Waals surface area (Å²) in [5.74, 6) is 0. The van der Waals surface area contributed by atoms with Crippen LogP contribution in [0.5, 0.6) is 0 Å². The van der Waals surface area contributed by atoms with Crippen LogP contribution in [-0.2, 0) is 0 Å². The maximum Gasteiger partial charge on any atom is -0.0195 e.